The van der Waals surface area contributed by atoms with E-state index in [4.69, 9.17) is 0 Å². The van der Waals surface area contributed by atoms with E-state index >= 15 is 0 Å². The Bertz CT molecular complexity index is 1150. The van der Waals surface area contributed by atoms with E-state index < -0.39 is 0 Å². The van der Waals surface area contributed by atoms with E-state index in [9.17, 15) is 14.0 Å². The number of nitrogens with one attached hydrogen (secondary N) is 1. The van der Waals surface area contributed by atoms with Gasteiger partial charge in [0.1, 0.15) is 22.9 Å². The van der Waals surface area contributed by atoms with E-state index in [0.717, 1.165) is 19.3 Å². The minimum Gasteiger partial charge on any atom is -0.354 e. The van der Waals surface area contributed by atoms with Crippen molar-refractivity contribution in [3.05, 3.63) is 51.8 Å². The number of amides is 1. The second kappa shape index (κ2) is 7.83. The molecule has 0 spiro atoms. The number of aromatic nitrogens is 2. The molecule has 0 atom stereocenters. The van der Waals surface area contributed by atoms with E-state index in [2.05, 4.69) is 16.4 Å². The zero-order valence-electron chi connectivity index (χ0n) is 15.8. The molecule has 2 heterocycles. The third-order valence-corrected chi connectivity index (χ3v) is 6.33. The molecule has 1 N–H and O–H groups in total. The lowest BCUT2D eigenvalue weighted by atomic mass is 9.97. The molecule has 1 aliphatic carbocycles. The summed E-state index contributed by atoms with van der Waals surface area (Å²) >= 11 is 1.21. The first-order chi connectivity index (χ1) is 13.5. The molecule has 0 aliphatic heterocycles. The first kappa shape index (κ1) is 18.8. The third kappa shape index (κ3) is 3.58. The number of hydrogen-bond donors (Lipinski definition) is 1. The zero-order chi connectivity index (χ0) is 19.7. The SMILES string of the molecule is Cc1nc2c(sc3cccc(F)c32)c(=O)n1CC(=O)NCCC1=CCCCC1. The van der Waals surface area contributed by atoms with Crippen molar-refractivity contribution >= 4 is 37.5 Å². The van der Waals surface area contributed by atoms with Gasteiger partial charge >= 0.3 is 0 Å². The Kier molecular flexibility index (Phi) is 5.26. The Morgan fingerprint density at radius 1 is 1.36 bits per heavy atom. The van der Waals surface area contributed by atoms with E-state index in [1.54, 1.807) is 19.1 Å². The Balaban J connectivity index is 1.54. The van der Waals surface area contributed by atoms with Gasteiger partial charge in [0.25, 0.3) is 5.56 Å². The van der Waals surface area contributed by atoms with Crippen molar-refractivity contribution in [1.29, 1.82) is 0 Å². The van der Waals surface area contributed by atoms with E-state index in [-0.39, 0.29) is 23.8 Å². The van der Waals surface area contributed by atoms with Gasteiger partial charge in [-0.2, -0.15) is 0 Å². The van der Waals surface area contributed by atoms with Crippen LogP contribution < -0.4 is 10.9 Å². The van der Waals surface area contributed by atoms with Crippen LogP contribution in [0.5, 0.6) is 0 Å². The van der Waals surface area contributed by atoms with Gasteiger partial charge in [-0.05, 0) is 51.2 Å². The van der Waals surface area contributed by atoms with Crippen LogP contribution in [0.1, 0.15) is 37.9 Å². The van der Waals surface area contributed by atoms with Gasteiger partial charge in [0, 0.05) is 11.2 Å². The minimum absolute atomic E-state index is 0.0800. The molecule has 1 aliphatic rings. The minimum atomic E-state index is -0.387. The normalized spacial score (nSPS) is 14.4. The van der Waals surface area contributed by atoms with Crippen LogP contribution in [0.3, 0.4) is 0 Å². The third-order valence-electron chi connectivity index (χ3n) is 5.20. The van der Waals surface area contributed by atoms with Gasteiger partial charge in [0.15, 0.2) is 0 Å². The standard InChI is InChI=1S/C21H22FN3O2S/c1-13-24-19-18-15(22)8-5-9-16(18)28-20(19)21(27)25(13)12-17(26)23-11-10-14-6-3-2-4-7-14/h5-6,8-9H,2-4,7,10-12H2,1H3,(H,23,26). The summed E-state index contributed by atoms with van der Waals surface area (Å²) in [5.41, 5.74) is 1.48. The van der Waals surface area contributed by atoms with Crippen LogP contribution in [0, 0.1) is 12.7 Å². The number of hydrogen-bond acceptors (Lipinski definition) is 4. The number of aryl methyl sites for hydroxylation is 1. The topological polar surface area (TPSA) is 64.0 Å². The van der Waals surface area contributed by atoms with Crippen LogP contribution in [0.25, 0.3) is 20.3 Å². The summed E-state index contributed by atoms with van der Waals surface area (Å²) in [6, 6.07) is 4.76. The van der Waals surface area contributed by atoms with Gasteiger partial charge in [0.2, 0.25) is 5.91 Å². The number of rotatable bonds is 5. The number of halogens is 1. The van der Waals surface area contributed by atoms with E-state index in [1.807, 2.05) is 0 Å². The molecule has 2 aromatic heterocycles. The van der Waals surface area contributed by atoms with Crippen molar-refractivity contribution in [1.82, 2.24) is 14.9 Å². The molecule has 0 saturated carbocycles. The zero-order valence-corrected chi connectivity index (χ0v) is 16.6. The Morgan fingerprint density at radius 2 is 2.21 bits per heavy atom. The van der Waals surface area contributed by atoms with Crippen LogP contribution in [0.15, 0.2) is 34.6 Å². The fraction of sp³-hybridized carbons (Fsp3) is 0.381. The summed E-state index contributed by atoms with van der Waals surface area (Å²) in [6.07, 6.45) is 7.82. The lowest BCUT2D eigenvalue weighted by Gasteiger charge is -2.13. The summed E-state index contributed by atoms with van der Waals surface area (Å²) in [7, 11) is 0. The largest absolute Gasteiger partial charge is 0.354 e. The van der Waals surface area contributed by atoms with Crippen molar-refractivity contribution in [3.63, 3.8) is 0 Å². The summed E-state index contributed by atoms with van der Waals surface area (Å²) in [6.45, 7) is 2.16. The predicted octanol–water partition coefficient (Wildman–Crippen LogP) is 4.07. The fourth-order valence-electron chi connectivity index (χ4n) is 3.71. The average molecular weight is 399 g/mol. The highest BCUT2D eigenvalue weighted by molar-refractivity contribution is 7.25. The fourth-order valence-corrected chi connectivity index (χ4v) is 4.82. The van der Waals surface area contributed by atoms with Gasteiger partial charge < -0.3 is 5.32 Å². The Morgan fingerprint density at radius 3 is 3.00 bits per heavy atom. The Hall–Kier alpha value is -2.54. The number of thiophene rings is 1. The highest BCUT2D eigenvalue weighted by atomic mass is 32.1. The maximum absolute atomic E-state index is 14.2. The summed E-state index contributed by atoms with van der Waals surface area (Å²) in [5, 5.41) is 3.27. The van der Waals surface area contributed by atoms with Crippen molar-refractivity contribution in [2.75, 3.05) is 6.54 Å². The molecule has 146 valence electrons. The van der Waals surface area contributed by atoms with Gasteiger partial charge in [-0.1, -0.05) is 17.7 Å². The number of carbonyl (C=O) groups is 1. The number of fused-ring (bicyclic) bond motifs is 3. The molecule has 0 bridgehead atoms. The molecule has 1 amide bonds. The molecule has 0 fully saturated rings. The molecule has 0 unspecified atom stereocenters. The lowest BCUT2D eigenvalue weighted by Crippen LogP contribution is -2.34. The first-order valence-electron chi connectivity index (χ1n) is 9.57. The van der Waals surface area contributed by atoms with Gasteiger partial charge in [-0.25, -0.2) is 9.37 Å². The molecular weight excluding hydrogens is 377 g/mol. The smallest absolute Gasteiger partial charge is 0.272 e. The number of carbonyl (C=O) groups excluding carboxylic acids is 1. The number of nitrogens with zero attached hydrogens (tertiary/aromatic N) is 2. The second-order valence-electron chi connectivity index (χ2n) is 7.15. The molecule has 4 rings (SSSR count). The van der Waals surface area contributed by atoms with Crippen LogP contribution in [0.4, 0.5) is 4.39 Å². The van der Waals surface area contributed by atoms with Gasteiger partial charge in [-0.3, -0.25) is 14.2 Å². The summed E-state index contributed by atoms with van der Waals surface area (Å²) < 4.78 is 16.6. The highest BCUT2D eigenvalue weighted by Gasteiger charge is 2.17. The summed E-state index contributed by atoms with van der Waals surface area (Å²) in [4.78, 5) is 29.7. The van der Waals surface area contributed by atoms with Crippen molar-refractivity contribution in [2.24, 2.45) is 0 Å². The Labute approximate surface area is 165 Å². The van der Waals surface area contributed by atoms with Crippen molar-refractivity contribution in [3.8, 4) is 0 Å². The van der Waals surface area contributed by atoms with Crippen molar-refractivity contribution in [2.45, 2.75) is 45.6 Å². The van der Waals surface area contributed by atoms with Crippen LogP contribution in [0.2, 0.25) is 0 Å². The molecule has 0 radical (unpaired) electrons. The maximum atomic E-state index is 14.2. The predicted molar refractivity (Wildman–Crippen MR) is 110 cm³/mol. The first-order valence-corrected chi connectivity index (χ1v) is 10.4. The van der Waals surface area contributed by atoms with Gasteiger partial charge in [0.05, 0.1) is 10.9 Å². The monoisotopic (exact) mass is 399 g/mol. The molecule has 5 nitrogen and oxygen atoms in total. The quantitative estimate of drug-likeness (QED) is 0.658. The van der Waals surface area contributed by atoms with Crippen LogP contribution >= 0.6 is 11.3 Å². The molecule has 1 aromatic carbocycles. The van der Waals surface area contributed by atoms with E-state index in [0.29, 0.717) is 32.7 Å². The van der Waals surface area contributed by atoms with Crippen LogP contribution in [-0.4, -0.2) is 22.0 Å². The lowest BCUT2D eigenvalue weighted by molar-refractivity contribution is -0.121. The molecule has 0 saturated heterocycles. The second-order valence-corrected chi connectivity index (χ2v) is 8.20. The molecule has 3 aromatic rings. The maximum Gasteiger partial charge on any atom is 0.272 e. The van der Waals surface area contributed by atoms with E-state index in [1.165, 1.54) is 40.4 Å². The summed E-state index contributed by atoms with van der Waals surface area (Å²) in [5.74, 6) is -0.191. The van der Waals surface area contributed by atoms with Crippen molar-refractivity contribution < 1.29 is 9.18 Å². The highest BCUT2D eigenvalue weighted by Crippen LogP contribution is 2.32. The van der Waals surface area contributed by atoms with Gasteiger partial charge in [-0.15, -0.1) is 11.3 Å². The molecular formula is C21H22FN3O2S. The molecule has 7 heteroatoms. The van der Waals surface area contributed by atoms with Crippen LogP contribution in [-0.2, 0) is 11.3 Å². The average Bonchev–Trinajstić information content (AvgIpc) is 3.06. The number of allylic oxidation sites excluding steroid dienone is 1. The number of benzene rings is 1. The molecule has 28 heavy (non-hydrogen) atoms.